The lowest BCUT2D eigenvalue weighted by atomic mass is 10.1. The molecule has 13 heteroatoms. The van der Waals surface area contributed by atoms with Gasteiger partial charge in [0.15, 0.2) is 5.65 Å². The third-order valence-electron chi connectivity index (χ3n) is 5.93. The number of nitrogens with one attached hydrogen (secondary N) is 2. The molecule has 0 aliphatic heterocycles. The van der Waals surface area contributed by atoms with Gasteiger partial charge in [0.25, 0.3) is 5.56 Å². The number of alkyl halides is 3. The molecular weight excluding hydrogens is 453 g/mol. The van der Waals surface area contributed by atoms with Gasteiger partial charge in [0.2, 0.25) is 0 Å². The van der Waals surface area contributed by atoms with E-state index in [9.17, 15) is 22.8 Å². The minimum Gasteiger partial charge on any atom is -0.313 e. The van der Waals surface area contributed by atoms with Crippen LogP contribution in [0.15, 0.2) is 52.6 Å². The largest absolute Gasteiger partial charge is 0.408 e. The lowest BCUT2D eigenvalue weighted by Crippen LogP contribution is -2.23. The van der Waals surface area contributed by atoms with Gasteiger partial charge in [0, 0.05) is 24.4 Å². The highest BCUT2D eigenvalue weighted by molar-refractivity contribution is 5.75. The number of H-pyrrole nitrogens is 2. The van der Waals surface area contributed by atoms with Crippen LogP contribution in [0.4, 0.5) is 13.2 Å². The van der Waals surface area contributed by atoms with Crippen molar-refractivity contribution in [2.45, 2.75) is 31.0 Å². The second kappa shape index (κ2) is 7.10. The van der Waals surface area contributed by atoms with Gasteiger partial charge >= 0.3 is 11.9 Å². The zero-order valence-corrected chi connectivity index (χ0v) is 17.2. The fourth-order valence-electron chi connectivity index (χ4n) is 4.30. The van der Waals surface area contributed by atoms with Crippen molar-refractivity contribution < 1.29 is 13.2 Å². The van der Waals surface area contributed by atoms with Crippen LogP contribution in [0.2, 0.25) is 0 Å². The van der Waals surface area contributed by atoms with Gasteiger partial charge in [-0.15, -0.1) is 0 Å². The number of pyridine rings is 1. The van der Waals surface area contributed by atoms with Gasteiger partial charge < -0.3 is 4.98 Å². The molecule has 0 saturated heterocycles. The second-order valence-electron chi connectivity index (χ2n) is 8.19. The van der Waals surface area contributed by atoms with Gasteiger partial charge in [-0.2, -0.15) is 23.4 Å². The van der Waals surface area contributed by atoms with Gasteiger partial charge in [-0.3, -0.25) is 19.4 Å². The lowest BCUT2D eigenvalue weighted by Gasteiger charge is -2.09. The highest BCUT2D eigenvalue weighted by Crippen LogP contribution is 2.54. The van der Waals surface area contributed by atoms with Crippen molar-refractivity contribution >= 4 is 16.7 Å². The van der Waals surface area contributed by atoms with Crippen LogP contribution < -0.4 is 11.2 Å². The van der Waals surface area contributed by atoms with Crippen LogP contribution in [-0.2, 0) is 6.54 Å². The summed E-state index contributed by atoms with van der Waals surface area (Å²) < 4.78 is 41.3. The maximum atomic E-state index is 12.9. The molecule has 1 aliphatic rings. The number of aromatic amines is 2. The van der Waals surface area contributed by atoms with Crippen molar-refractivity contribution in [2.75, 3.05) is 0 Å². The van der Waals surface area contributed by atoms with E-state index in [0.717, 1.165) is 22.4 Å². The summed E-state index contributed by atoms with van der Waals surface area (Å²) in [6.45, 7) is -1.19. The molecule has 0 aromatic carbocycles. The topological polar surface area (TPSA) is 127 Å². The van der Waals surface area contributed by atoms with E-state index in [2.05, 4.69) is 30.1 Å². The van der Waals surface area contributed by atoms with Crippen LogP contribution in [0.5, 0.6) is 0 Å². The Morgan fingerprint density at radius 2 is 1.97 bits per heavy atom. The van der Waals surface area contributed by atoms with E-state index in [1.165, 1.54) is 12.4 Å². The lowest BCUT2D eigenvalue weighted by molar-refractivity contribution is -0.141. The van der Waals surface area contributed by atoms with Crippen LogP contribution in [0.1, 0.15) is 29.5 Å². The fraction of sp³-hybridized carbons (Fsp3) is 0.238. The second-order valence-corrected chi connectivity index (χ2v) is 8.19. The van der Waals surface area contributed by atoms with E-state index >= 15 is 0 Å². The van der Waals surface area contributed by atoms with Crippen molar-refractivity contribution in [3.05, 3.63) is 75.1 Å². The van der Waals surface area contributed by atoms with E-state index in [4.69, 9.17) is 0 Å². The molecule has 10 nitrogen and oxygen atoms in total. The van der Waals surface area contributed by atoms with Crippen LogP contribution in [0.3, 0.4) is 0 Å². The summed E-state index contributed by atoms with van der Waals surface area (Å²) >= 11 is 0. The molecule has 2 atom stereocenters. The molecule has 34 heavy (non-hydrogen) atoms. The first-order valence-corrected chi connectivity index (χ1v) is 10.3. The molecule has 0 unspecified atom stereocenters. The Bertz CT molecular complexity index is 1680. The predicted molar refractivity (Wildman–Crippen MR) is 113 cm³/mol. The third kappa shape index (κ3) is 3.45. The fourth-order valence-corrected chi connectivity index (χ4v) is 4.30. The number of hydrogen-bond acceptors (Lipinski definition) is 6. The van der Waals surface area contributed by atoms with E-state index in [1.54, 1.807) is 35.1 Å². The molecule has 0 radical (unpaired) electrons. The zero-order valence-electron chi connectivity index (χ0n) is 17.2. The summed E-state index contributed by atoms with van der Waals surface area (Å²) in [6.07, 6.45) is 2.20. The highest BCUT2D eigenvalue weighted by atomic mass is 19.4. The van der Waals surface area contributed by atoms with E-state index in [1.807, 2.05) is 0 Å². The average molecular weight is 468 g/mol. The maximum absolute atomic E-state index is 12.9. The molecule has 1 aliphatic carbocycles. The number of aromatic nitrogens is 8. The molecule has 0 bridgehead atoms. The quantitative estimate of drug-likeness (QED) is 0.417. The highest BCUT2D eigenvalue weighted by Gasteiger charge is 2.42. The summed E-state index contributed by atoms with van der Waals surface area (Å²) in [5.41, 5.74) is 2.24. The molecule has 0 spiro atoms. The molecule has 5 aromatic heterocycles. The summed E-state index contributed by atoms with van der Waals surface area (Å²) in [5.74, 6) is -0.00752. The third-order valence-corrected chi connectivity index (χ3v) is 5.93. The Morgan fingerprint density at radius 1 is 1.12 bits per heavy atom. The van der Waals surface area contributed by atoms with Crippen molar-refractivity contribution in [3.63, 3.8) is 0 Å². The van der Waals surface area contributed by atoms with Crippen molar-refractivity contribution in [2.24, 2.45) is 0 Å². The Labute approximate surface area is 187 Å². The molecule has 1 saturated carbocycles. The van der Waals surface area contributed by atoms with Crippen LogP contribution in [0, 0.1) is 0 Å². The number of halogens is 3. The van der Waals surface area contributed by atoms with Crippen LogP contribution in [0.25, 0.3) is 27.9 Å². The molecule has 5 aromatic rings. The van der Waals surface area contributed by atoms with Gasteiger partial charge in [-0.05, 0) is 30.0 Å². The van der Waals surface area contributed by atoms with Crippen molar-refractivity contribution in [3.8, 4) is 11.3 Å². The van der Waals surface area contributed by atoms with Gasteiger partial charge in [-0.25, -0.2) is 14.3 Å². The minimum absolute atomic E-state index is 0.00246. The first kappa shape index (κ1) is 20.3. The molecular formula is C21H15F3N8O2. The standard InChI is InChI=1S/C21H15F3N8O2/c22-21(23,24)9-31-17-3-10(6-25-15(17)8-28-31)11-4-12(11)16-5-14(29-18-1-2-27-32(16)18)13-7-26-20(34)30-19(13)33/h1-3,5-8,11-12H,4,9H2,(H2,26,30,33,34)/t11-,12+/m1/s1. The van der Waals surface area contributed by atoms with Crippen molar-refractivity contribution in [1.82, 2.24) is 39.3 Å². The summed E-state index contributed by atoms with van der Waals surface area (Å²) in [7, 11) is 0. The first-order valence-electron chi connectivity index (χ1n) is 10.3. The number of hydrogen-bond donors (Lipinski definition) is 2. The van der Waals surface area contributed by atoms with Gasteiger partial charge in [-0.1, -0.05) is 0 Å². The monoisotopic (exact) mass is 468 g/mol. The number of nitrogens with zero attached hydrogens (tertiary/aromatic N) is 6. The van der Waals surface area contributed by atoms with Gasteiger partial charge in [0.1, 0.15) is 12.1 Å². The molecule has 5 heterocycles. The maximum Gasteiger partial charge on any atom is 0.408 e. The molecule has 172 valence electrons. The predicted octanol–water partition coefficient (Wildman–Crippen LogP) is 2.35. The average Bonchev–Trinajstić information content (AvgIpc) is 3.26. The Balaban J connectivity index is 1.39. The number of fused-ring (bicyclic) bond motifs is 2. The Morgan fingerprint density at radius 3 is 2.76 bits per heavy atom. The molecule has 2 N–H and O–H groups in total. The smallest absolute Gasteiger partial charge is 0.313 e. The van der Waals surface area contributed by atoms with Crippen molar-refractivity contribution in [1.29, 1.82) is 0 Å². The Kier molecular flexibility index (Phi) is 4.25. The normalized spacial score (nSPS) is 18.1. The Hall–Kier alpha value is -4.29. The summed E-state index contributed by atoms with van der Waals surface area (Å²) in [6, 6.07) is 5.14. The summed E-state index contributed by atoms with van der Waals surface area (Å²) in [4.78, 5) is 37.1. The van der Waals surface area contributed by atoms with Crippen LogP contribution >= 0.6 is 0 Å². The van der Waals surface area contributed by atoms with E-state index in [0.29, 0.717) is 22.4 Å². The number of rotatable bonds is 4. The molecule has 0 amide bonds. The first-order chi connectivity index (χ1) is 16.3. The summed E-state index contributed by atoms with van der Waals surface area (Å²) in [5, 5.41) is 8.16. The van der Waals surface area contributed by atoms with E-state index in [-0.39, 0.29) is 17.4 Å². The van der Waals surface area contributed by atoms with E-state index < -0.39 is 24.0 Å². The minimum atomic E-state index is -4.39. The van der Waals surface area contributed by atoms with Crippen LogP contribution in [-0.4, -0.2) is 45.5 Å². The molecule has 1 fully saturated rings. The zero-order chi connectivity index (χ0) is 23.6. The van der Waals surface area contributed by atoms with Gasteiger partial charge in [0.05, 0.1) is 34.9 Å². The SMILES string of the molecule is O=c1[nH]cc(-c2cc([C@H]3C[C@@H]3c3cnc4cnn(CC(F)(F)F)c4c3)n3nccc3n2)c(=O)[nH]1. The molecule has 6 rings (SSSR count).